The summed E-state index contributed by atoms with van der Waals surface area (Å²) in [5.41, 5.74) is 0. The maximum Gasteiger partial charge on any atom is -0.00148 e. The molecule has 2 rings (SSSR count). The predicted octanol–water partition coefficient (Wildman–Crippen LogP) is 1.81. The van der Waals surface area contributed by atoms with E-state index in [9.17, 15) is 0 Å². The number of nitrogens with one attached hydrogen (secondary N) is 1. The first kappa shape index (κ1) is 7.35. The van der Waals surface area contributed by atoms with E-state index in [1.807, 2.05) is 0 Å². The molecule has 0 amide bonds. The van der Waals surface area contributed by atoms with Gasteiger partial charge < -0.3 is 5.32 Å². The minimum absolute atomic E-state index is 0.916. The number of fused-ring (bicyclic) bond motifs is 2. The van der Waals surface area contributed by atoms with E-state index in [0.29, 0.717) is 0 Å². The molecule has 0 saturated heterocycles. The molecule has 3 atom stereocenters. The van der Waals surface area contributed by atoms with Crippen LogP contribution in [0.15, 0.2) is 12.2 Å². The fraction of sp³-hybridized carbons (Fsp3) is 0.800. The lowest BCUT2D eigenvalue weighted by Gasteiger charge is -2.17. The maximum absolute atomic E-state index is 3.44. The summed E-state index contributed by atoms with van der Waals surface area (Å²) in [5.74, 6) is 2.80. The first-order valence-electron chi connectivity index (χ1n) is 4.79. The van der Waals surface area contributed by atoms with Crippen molar-refractivity contribution in [2.45, 2.75) is 19.8 Å². The van der Waals surface area contributed by atoms with Crippen molar-refractivity contribution in [2.75, 3.05) is 13.1 Å². The fourth-order valence-electron chi connectivity index (χ4n) is 2.46. The molecule has 0 aromatic heterocycles. The number of hydrogen-bond acceptors (Lipinski definition) is 1. The van der Waals surface area contributed by atoms with E-state index in [1.54, 1.807) is 0 Å². The van der Waals surface area contributed by atoms with Crippen LogP contribution in [-0.2, 0) is 0 Å². The molecule has 2 aliphatic carbocycles. The molecular weight excluding hydrogens is 134 g/mol. The molecule has 1 unspecified atom stereocenters. The lowest BCUT2D eigenvalue weighted by Crippen LogP contribution is -2.24. The van der Waals surface area contributed by atoms with Crippen LogP contribution in [0.4, 0.5) is 0 Å². The van der Waals surface area contributed by atoms with Gasteiger partial charge in [-0.25, -0.2) is 0 Å². The first-order chi connectivity index (χ1) is 5.40. The summed E-state index contributed by atoms with van der Waals surface area (Å²) in [6, 6.07) is 0. The second-order valence-electron chi connectivity index (χ2n) is 3.85. The molecule has 2 aliphatic rings. The Hall–Kier alpha value is -0.300. The van der Waals surface area contributed by atoms with Gasteiger partial charge in [-0.2, -0.15) is 0 Å². The Kier molecular flexibility index (Phi) is 1.99. The topological polar surface area (TPSA) is 12.0 Å². The van der Waals surface area contributed by atoms with Crippen molar-refractivity contribution in [2.24, 2.45) is 17.8 Å². The molecule has 0 aliphatic heterocycles. The van der Waals surface area contributed by atoms with Crippen LogP contribution in [-0.4, -0.2) is 13.1 Å². The predicted molar refractivity (Wildman–Crippen MR) is 47.4 cm³/mol. The largest absolute Gasteiger partial charge is 0.317 e. The van der Waals surface area contributed by atoms with Gasteiger partial charge in [-0.15, -0.1) is 0 Å². The van der Waals surface area contributed by atoms with Crippen molar-refractivity contribution in [1.29, 1.82) is 0 Å². The number of allylic oxidation sites excluding steroid dienone is 2. The monoisotopic (exact) mass is 151 g/mol. The van der Waals surface area contributed by atoms with E-state index in [2.05, 4.69) is 24.4 Å². The minimum Gasteiger partial charge on any atom is -0.317 e. The zero-order valence-corrected chi connectivity index (χ0v) is 7.22. The maximum atomic E-state index is 3.44. The van der Waals surface area contributed by atoms with Gasteiger partial charge in [-0.05, 0) is 43.7 Å². The van der Waals surface area contributed by atoms with Crippen LogP contribution in [0.25, 0.3) is 0 Å². The summed E-state index contributed by atoms with van der Waals surface area (Å²) in [5, 5.41) is 3.44. The van der Waals surface area contributed by atoms with E-state index in [4.69, 9.17) is 0 Å². The van der Waals surface area contributed by atoms with Gasteiger partial charge in [-0.3, -0.25) is 0 Å². The van der Waals surface area contributed by atoms with Gasteiger partial charge in [0, 0.05) is 0 Å². The molecule has 62 valence electrons. The van der Waals surface area contributed by atoms with E-state index in [-0.39, 0.29) is 0 Å². The van der Waals surface area contributed by atoms with Crippen LogP contribution < -0.4 is 5.32 Å². The van der Waals surface area contributed by atoms with Crippen molar-refractivity contribution in [3.8, 4) is 0 Å². The molecular formula is C10H17N. The zero-order valence-electron chi connectivity index (χ0n) is 7.22. The van der Waals surface area contributed by atoms with Crippen LogP contribution in [0, 0.1) is 17.8 Å². The Bertz CT molecular complexity index is 162. The molecule has 1 heteroatoms. The highest BCUT2D eigenvalue weighted by Gasteiger charge is 2.34. The Balaban J connectivity index is 1.84. The van der Waals surface area contributed by atoms with Gasteiger partial charge in [0.25, 0.3) is 0 Å². The molecule has 0 spiro atoms. The highest BCUT2D eigenvalue weighted by atomic mass is 14.8. The number of hydrogen-bond donors (Lipinski definition) is 1. The van der Waals surface area contributed by atoms with Gasteiger partial charge in [0.1, 0.15) is 0 Å². The fourth-order valence-corrected chi connectivity index (χ4v) is 2.46. The first-order valence-corrected chi connectivity index (χ1v) is 4.79. The number of rotatable bonds is 3. The van der Waals surface area contributed by atoms with Crippen molar-refractivity contribution in [3.63, 3.8) is 0 Å². The Morgan fingerprint density at radius 2 is 2.27 bits per heavy atom. The van der Waals surface area contributed by atoms with Crippen molar-refractivity contribution < 1.29 is 0 Å². The van der Waals surface area contributed by atoms with Crippen LogP contribution in [0.1, 0.15) is 19.8 Å². The highest BCUT2D eigenvalue weighted by molar-refractivity contribution is 5.10. The van der Waals surface area contributed by atoms with E-state index < -0.39 is 0 Å². The van der Waals surface area contributed by atoms with E-state index >= 15 is 0 Å². The van der Waals surface area contributed by atoms with Gasteiger partial charge in [0.05, 0.1) is 0 Å². The van der Waals surface area contributed by atoms with Crippen LogP contribution in [0.3, 0.4) is 0 Å². The third kappa shape index (κ3) is 1.34. The third-order valence-electron chi connectivity index (χ3n) is 3.07. The van der Waals surface area contributed by atoms with Gasteiger partial charge >= 0.3 is 0 Å². The van der Waals surface area contributed by atoms with Gasteiger partial charge in [-0.1, -0.05) is 19.1 Å². The van der Waals surface area contributed by atoms with Crippen LogP contribution >= 0.6 is 0 Å². The second kappa shape index (κ2) is 2.98. The summed E-state index contributed by atoms with van der Waals surface area (Å²) >= 11 is 0. The Labute approximate surface area is 68.9 Å². The molecule has 1 saturated carbocycles. The molecule has 0 heterocycles. The average Bonchev–Trinajstić information content (AvgIpc) is 2.60. The van der Waals surface area contributed by atoms with Gasteiger partial charge in [0.2, 0.25) is 0 Å². The average molecular weight is 151 g/mol. The third-order valence-corrected chi connectivity index (χ3v) is 3.07. The summed E-state index contributed by atoms with van der Waals surface area (Å²) < 4.78 is 0. The quantitative estimate of drug-likeness (QED) is 0.607. The van der Waals surface area contributed by atoms with E-state index in [0.717, 1.165) is 24.3 Å². The summed E-state index contributed by atoms with van der Waals surface area (Å²) in [6.45, 7) is 4.54. The molecule has 0 aromatic carbocycles. The summed E-state index contributed by atoms with van der Waals surface area (Å²) in [4.78, 5) is 0. The summed E-state index contributed by atoms with van der Waals surface area (Å²) in [6.07, 6.45) is 7.72. The van der Waals surface area contributed by atoms with Crippen molar-refractivity contribution >= 4 is 0 Å². The van der Waals surface area contributed by atoms with E-state index in [1.165, 1.54) is 19.4 Å². The second-order valence-corrected chi connectivity index (χ2v) is 3.85. The highest BCUT2D eigenvalue weighted by Crippen LogP contribution is 2.42. The molecule has 2 bridgehead atoms. The lowest BCUT2D eigenvalue weighted by molar-refractivity contribution is 0.420. The molecule has 1 fully saturated rings. The smallest absolute Gasteiger partial charge is 0.00148 e. The van der Waals surface area contributed by atoms with Crippen molar-refractivity contribution in [1.82, 2.24) is 5.32 Å². The standard InChI is InChI=1S/C10H17N/c1-2-11-7-10-6-8-3-4-9(10)5-8/h3-4,8-11H,2,5-7H2,1H3/t8-,9+,10?/m1/s1. The molecule has 11 heavy (non-hydrogen) atoms. The molecule has 0 aromatic rings. The molecule has 0 radical (unpaired) electrons. The Morgan fingerprint density at radius 1 is 1.36 bits per heavy atom. The normalized spacial score (nSPS) is 40.3. The van der Waals surface area contributed by atoms with Crippen LogP contribution in [0.2, 0.25) is 0 Å². The summed E-state index contributed by atoms with van der Waals surface area (Å²) in [7, 11) is 0. The van der Waals surface area contributed by atoms with Gasteiger partial charge in [0.15, 0.2) is 0 Å². The minimum atomic E-state index is 0.916. The molecule has 1 nitrogen and oxygen atoms in total. The lowest BCUT2D eigenvalue weighted by atomic mass is 9.94. The van der Waals surface area contributed by atoms with Crippen LogP contribution in [0.5, 0.6) is 0 Å². The zero-order chi connectivity index (χ0) is 7.68. The SMILES string of the molecule is CCNCC1C[C@@H]2C=C[C@H]1C2. The molecule has 1 N–H and O–H groups in total. The Morgan fingerprint density at radius 3 is 2.82 bits per heavy atom. The van der Waals surface area contributed by atoms with Crippen molar-refractivity contribution in [3.05, 3.63) is 12.2 Å².